The van der Waals surface area contributed by atoms with Gasteiger partial charge in [-0.15, -0.1) is 11.3 Å². The van der Waals surface area contributed by atoms with Crippen LogP contribution < -0.4 is 0 Å². The molecule has 126 valence electrons. The van der Waals surface area contributed by atoms with Crippen molar-refractivity contribution in [3.63, 3.8) is 0 Å². The average Bonchev–Trinajstić information content (AvgIpc) is 3.32. The molecule has 0 bridgehead atoms. The first-order valence-corrected chi connectivity index (χ1v) is 8.38. The monoisotopic (exact) mass is 356 g/mol. The van der Waals surface area contributed by atoms with Crippen molar-refractivity contribution in [1.29, 1.82) is 0 Å². The van der Waals surface area contributed by atoms with Crippen LogP contribution in [0.15, 0.2) is 53.1 Å². The Morgan fingerprint density at radius 3 is 2.84 bits per heavy atom. The van der Waals surface area contributed by atoms with E-state index in [1.54, 1.807) is 35.0 Å². The highest BCUT2D eigenvalue weighted by Crippen LogP contribution is 2.31. The Labute approximate surface area is 146 Å². The van der Waals surface area contributed by atoms with E-state index in [2.05, 4.69) is 5.10 Å². The summed E-state index contributed by atoms with van der Waals surface area (Å²) in [6.45, 7) is 1.95. The molecule has 0 aliphatic carbocycles. The van der Waals surface area contributed by atoms with Crippen LogP contribution in [0.3, 0.4) is 0 Å². The van der Waals surface area contributed by atoms with Gasteiger partial charge in [0.2, 0.25) is 0 Å². The minimum Gasteiger partial charge on any atom is -0.466 e. The average molecular weight is 356 g/mol. The zero-order valence-electron chi connectivity index (χ0n) is 13.2. The van der Waals surface area contributed by atoms with Gasteiger partial charge in [-0.2, -0.15) is 5.10 Å². The summed E-state index contributed by atoms with van der Waals surface area (Å²) in [7, 11) is 0. The van der Waals surface area contributed by atoms with Crippen LogP contribution in [0, 0.1) is 12.7 Å². The Bertz CT molecular complexity index is 1030. The number of thiophene rings is 1. The highest BCUT2D eigenvalue weighted by atomic mass is 32.1. The van der Waals surface area contributed by atoms with Crippen LogP contribution in [-0.4, -0.2) is 15.7 Å². The fraction of sp³-hybridized carbons (Fsp3) is 0.111. The molecule has 1 aromatic carbocycles. The molecule has 0 unspecified atom stereocenters. The zero-order chi connectivity index (χ0) is 17.4. The van der Waals surface area contributed by atoms with Gasteiger partial charge < -0.3 is 9.15 Å². The third-order valence-corrected chi connectivity index (χ3v) is 4.83. The van der Waals surface area contributed by atoms with Crippen molar-refractivity contribution in [1.82, 2.24) is 9.78 Å². The van der Waals surface area contributed by atoms with Gasteiger partial charge in [0, 0.05) is 5.39 Å². The first kappa shape index (κ1) is 15.6. The van der Waals surface area contributed by atoms with Gasteiger partial charge in [0.15, 0.2) is 0 Å². The predicted octanol–water partition coefficient (Wildman–Crippen LogP) is 4.48. The van der Waals surface area contributed by atoms with Gasteiger partial charge in [-0.05, 0) is 49.4 Å². The summed E-state index contributed by atoms with van der Waals surface area (Å²) in [6, 6.07) is 11.3. The largest absolute Gasteiger partial charge is 0.466 e. The van der Waals surface area contributed by atoms with Gasteiger partial charge in [0.05, 0.1) is 17.6 Å². The summed E-state index contributed by atoms with van der Waals surface area (Å²) in [6.07, 6.45) is 1.53. The molecular formula is C18H13FN2O3S. The molecule has 0 fully saturated rings. The lowest BCUT2D eigenvalue weighted by Gasteiger charge is -2.02. The molecule has 0 radical (unpaired) electrons. The van der Waals surface area contributed by atoms with Gasteiger partial charge in [0.25, 0.3) is 0 Å². The van der Waals surface area contributed by atoms with Crippen LogP contribution in [0.1, 0.15) is 21.1 Å². The number of furan rings is 1. The number of aromatic nitrogens is 2. The number of hydrogen-bond donors (Lipinski definition) is 0. The third-order valence-electron chi connectivity index (χ3n) is 3.74. The predicted molar refractivity (Wildman–Crippen MR) is 91.5 cm³/mol. The van der Waals surface area contributed by atoms with E-state index < -0.39 is 5.97 Å². The van der Waals surface area contributed by atoms with E-state index >= 15 is 0 Å². The molecule has 0 atom stereocenters. The number of ether oxygens (including phenoxy) is 1. The molecule has 3 heterocycles. The standard InChI is InChI=1S/C18H13FN2O3S/c1-11-15-9-16(18(22)24-10-14-3-2-8-23-14)25-17(15)21(20-11)13-6-4-12(19)5-7-13/h2-9H,10H2,1H3. The summed E-state index contributed by atoms with van der Waals surface area (Å²) >= 11 is 1.29. The molecule has 0 N–H and O–H groups in total. The van der Waals surface area contributed by atoms with E-state index in [-0.39, 0.29) is 12.4 Å². The normalized spacial score (nSPS) is 11.1. The number of rotatable bonds is 4. The van der Waals surface area contributed by atoms with Crippen molar-refractivity contribution < 1.29 is 18.3 Å². The summed E-state index contributed by atoms with van der Waals surface area (Å²) in [5.74, 6) is -0.136. The topological polar surface area (TPSA) is 57.3 Å². The molecule has 25 heavy (non-hydrogen) atoms. The van der Waals surface area contributed by atoms with E-state index in [9.17, 15) is 9.18 Å². The molecule has 0 aliphatic heterocycles. The highest BCUT2D eigenvalue weighted by molar-refractivity contribution is 7.20. The number of fused-ring (bicyclic) bond motifs is 1. The van der Waals surface area contributed by atoms with Crippen LogP contribution in [-0.2, 0) is 11.3 Å². The SMILES string of the molecule is Cc1nn(-c2ccc(F)cc2)c2sc(C(=O)OCc3ccco3)cc12. The van der Waals surface area contributed by atoms with E-state index in [4.69, 9.17) is 9.15 Å². The molecule has 4 aromatic rings. The lowest BCUT2D eigenvalue weighted by molar-refractivity contribution is 0.0451. The Morgan fingerprint density at radius 2 is 2.12 bits per heavy atom. The van der Waals surface area contributed by atoms with Crippen LogP contribution in [0.2, 0.25) is 0 Å². The second-order valence-corrected chi connectivity index (χ2v) is 6.49. The fourth-order valence-electron chi connectivity index (χ4n) is 2.51. The maximum Gasteiger partial charge on any atom is 0.348 e. The molecule has 4 rings (SSSR count). The summed E-state index contributed by atoms with van der Waals surface area (Å²) in [4.78, 5) is 13.6. The Kier molecular flexibility index (Phi) is 3.85. The minimum atomic E-state index is -0.414. The smallest absolute Gasteiger partial charge is 0.348 e. The zero-order valence-corrected chi connectivity index (χ0v) is 14.0. The number of halogens is 1. The molecule has 3 aromatic heterocycles. The van der Waals surface area contributed by atoms with Gasteiger partial charge in [-0.1, -0.05) is 0 Å². The van der Waals surface area contributed by atoms with Crippen LogP contribution in [0.4, 0.5) is 4.39 Å². The molecule has 0 amide bonds. The molecular weight excluding hydrogens is 343 g/mol. The highest BCUT2D eigenvalue weighted by Gasteiger charge is 2.18. The van der Waals surface area contributed by atoms with Crippen molar-refractivity contribution in [2.24, 2.45) is 0 Å². The third kappa shape index (κ3) is 2.94. The van der Waals surface area contributed by atoms with Crippen LogP contribution in [0.25, 0.3) is 15.9 Å². The van der Waals surface area contributed by atoms with Crippen molar-refractivity contribution in [2.45, 2.75) is 13.5 Å². The van der Waals surface area contributed by atoms with Crippen molar-refractivity contribution >= 4 is 27.5 Å². The second-order valence-electron chi connectivity index (χ2n) is 5.46. The Hall–Kier alpha value is -2.93. The molecule has 0 aliphatic rings. The number of esters is 1. The molecule has 0 saturated carbocycles. The molecule has 7 heteroatoms. The summed E-state index contributed by atoms with van der Waals surface area (Å²) in [5.41, 5.74) is 1.53. The minimum absolute atomic E-state index is 0.0865. The van der Waals surface area contributed by atoms with Crippen molar-refractivity contribution in [3.8, 4) is 5.69 Å². The van der Waals surface area contributed by atoms with Crippen molar-refractivity contribution in [2.75, 3.05) is 0 Å². The maximum atomic E-state index is 13.1. The van der Waals surface area contributed by atoms with E-state index in [0.717, 1.165) is 21.6 Å². The Balaban J connectivity index is 1.64. The van der Waals surface area contributed by atoms with E-state index in [1.807, 2.05) is 6.92 Å². The summed E-state index contributed by atoms with van der Waals surface area (Å²) < 4.78 is 25.3. The number of carbonyl (C=O) groups excluding carboxylic acids is 1. The van der Waals surface area contributed by atoms with Crippen LogP contribution >= 0.6 is 11.3 Å². The second kappa shape index (κ2) is 6.18. The van der Waals surface area contributed by atoms with Gasteiger partial charge in [-0.3, -0.25) is 0 Å². The number of benzene rings is 1. The molecule has 0 saturated heterocycles. The first-order chi connectivity index (χ1) is 12.1. The van der Waals surface area contributed by atoms with Crippen LogP contribution in [0.5, 0.6) is 0 Å². The van der Waals surface area contributed by atoms with Crippen molar-refractivity contribution in [3.05, 3.63) is 70.9 Å². The quantitative estimate of drug-likeness (QED) is 0.506. The van der Waals surface area contributed by atoms with Gasteiger partial charge in [-0.25, -0.2) is 13.9 Å². The number of aryl methyl sites for hydroxylation is 1. The number of hydrogen-bond acceptors (Lipinski definition) is 5. The molecule has 0 spiro atoms. The lowest BCUT2D eigenvalue weighted by atomic mass is 10.3. The number of nitrogens with zero attached hydrogens (tertiary/aromatic N) is 2. The van der Waals surface area contributed by atoms with Gasteiger partial charge in [0.1, 0.15) is 27.9 Å². The summed E-state index contributed by atoms with van der Waals surface area (Å²) in [5, 5.41) is 5.35. The maximum absolute atomic E-state index is 13.1. The first-order valence-electron chi connectivity index (χ1n) is 7.56. The van der Waals surface area contributed by atoms with Gasteiger partial charge >= 0.3 is 5.97 Å². The Morgan fingerprint density at radius 1 is 1.32 bits per heavy atom. The van der Waals surface area contributed by atoms with E-state index in [1.165, 1.54) is 29.7 Å². The fourth-order valence-corrected chi connectivity index (χ4v) is 3.58. The van der Waals surface area contributed by atoms with E-state index in [0.29, 0.717) is 10.6 Å². The number of carbonyl (C=O) groups is 1. The lowest BCUT2D eigenvalue weighted by Crippen LogP contribution is -2.02. The molecule has 5 nitrogen and oxygen atoms in total.